The van der Waals surface area contributed by atoms with Crippen molar-refractivity contribution < 1.29 is 23.8 Å². The van der Waals surface area contributed by atoms with Crippen LogP contribution in [0.15, 0.2) is 72.3 Å². The van der Waals surface area contributed by atoms with Gasteiger partial charge < -0.3 is 9.84 Å². The summed E-state index contributed by atoms with van der Waals surface area (Å²) in [7, 11) is 1.45. The number of hydrogen-bond donors (Lipinski definition) is 1. The van der Waals surface area contributed by atoms with E-state index >= 15 is 0 Å². The van der Waals surface area contributed by atoms with Crippen molar-refractivity contribution in [2.45, 2.75) is 13.0 Å². The third-order valence-electron chi connectivity index (χ3n) is 5.45. The molecular weight excluding hydrogens is 433 g/mol. The third kappa shape index (κ3) is 3.52. The summed E-state index contributed by atoms with van der Waals surface area (Å²) < 4.78 is 20.1. The molecule has 1 N–H and O–H groups in total. The predicted molar refractivity (Wildman–Crippen MR) is 120 cm³/mol. The molecule has 5 nitrogen and oxygen atoms in total. The van der Waals surface area contributed by atoms with E-state index in [1.54, 1.807) is 43.3 Å². The third-order valence-corrected chi connectivity index (χ3v) is 5.78. The maximum absolute atomic E-state index is 14.9. The Morgan fingerprint density at radius 2 is 1.75 bits per heavy atom. The van der Waals surface area contributed by atoms with Crippen LogP contribution in [0.2, 0.25) is 5.02 Å². The van der Waals surface area contributed by atoms with E-state index < -0.39 is 29.3 Å². The molecule has 4 rings (SSSR count). The van der Waals surface area contributed by atoms with Crippen LogP contribution in [0.5, 0.6) is 5.75 Å². The Kier molecular flexibility index (Phi) is 5.72. The maximum Gasteiger partial charge on any atom is 0.300 e. The Labute approximate surface area is 189 Å². The number of para-hydroxylation sites is 1. The summed E-state index contributed by atoms with van der Waals surface area (Å²) in [5.74, 6) is -2.52. The summed E-state index contributed by atoms with van der Waals surface area (Å²) in [5, 5.41) is 11.3. The van der Waals surface area contributed by atoms with Crippen LogP contribution in [0.25, 0.3) is 5.76 Å². The monoisotopic (exact) mass is 451 g/mol. The number of carbonyl (C=O) groups excluding carboxylic acids is 2. The molecule has 1 unspecified atom stereocenters. The average molecular weight is 452 g/mol. The summed E-state index contributed by atoms with van der Waals surface area (Å²) in [6.45, 7) is 1.78. The molecule has 1 heterocycles. The molecule has 0 aromatic heterocycles. The van der Waals surface area contributed by atoms with E-state index in [0.29, 0.717) is 11.4 Å². The van der Waals surface area contributed by atoms with Crippen LogP contribution in [0, 0.1) is 12.7 Å². The molecule has 32 heavy (non-hydrogen) atoms. The molecule has 1 aliphatic rings. The van der Waals surface area contributed by atoms with Gasteiger partial charge in [-0.3, -0.25) is 14.5 Å². The summed E-state index contributed by atoms with van der Waals surface area (Å²) in [6, 6.07) is 16.2. The zero-order chi connectivity index (χ0) is 23.0. The van der Waals surface area contributed by atoms with Crippen LogP contribution in [0.1, 0.15) is 22.7 Å². The minimum atomic E-state index is -1.18. The Morgan fingerprint density at radius 1 is 1.06 bits per heavy atom. The van der Waals surface area contributed by atoms with Crippen molar-refractivity contribution in [3.8, 4) is 5.75 Å². The second-order valence-electron chi connectivity index (χ2n) is 7.32. The number of benzene rings is 3. The number of aliphatic hydroxyl groups is 1. The normalized spacial score (nSPS) is 17.6. The summed E-state index contributed by atoms with van der Waals surface area (Å²) >= 11 is 6.28. The Morgan fingerprint density at radius 3 is 2.44 bits per heavy atom. The molecule has 1 amide bonds. The SMILES string of the molecule is COc1ccc(Cl)c(/C(O)=C2\C(=O)C(=O)N(c3ccccc3C)C2c2ccccc2F)c1. The van der Waals surface area contributed by atoms with Crippen LogP contribution >= 0.6 is 11.6 Å². The number of carbonyl (C=O) groups is 2. The minimum absolute atomic E-state index is 0.0792. The molecule has 1 fully saturated rings. The number of aryl methyl sites for hydroxylation is 1. The largest absolute Gasteiger partial charge is 0.507 e. The number of halogens is 2. The van der Waals surface area contributed by atoms with Gasteiger partial charge in [0.1, 0.15) is 17.3 Å². The quantitative estimate of drug-likeness (QED) is 0.326. The number of nitrogens with zero attached hydrogens (tertiary/aromatic N) is 1. The fourth-order valence-electron chi connectivity index (χ4n) is 3.86. The molecule has 1 saturated heterocycles. The lowest BCUT2D eigenvalue weighted by molar-refractivity contribution is -0.132. The molecule has 7 heteroatoms. The van der Waals surface area contributed by atoms with Gasteiger partial charge >= 0.3 is 0 Å². The molecular formula is C25H19ClFNO4. The standard InChI is InChI=1S/C25H19ClFNO4/c1-14-7-3-6-10-20(14)28-22(16-8-4-5-9-19(16)27)21(24(30)25(28)31)23(29)17-13-15(32-2)11-12-18(17)26/h3-13,22,29H,1-2H3/b23-21+. The van der Waals surface area contributed by atoms with Crippen LogP contribution in [0.4, 0.5) is 10.1 Å². The molecule has 3 aromatic rings. The molecule has 0 aliphatic carbocycles. The second-order valence-corrected chi connectivity index (χ2v) is 7.73. The molecule has 0 saturated carbocycles. The van der Waals surface area contributed by atoms with Crippen molar-refractivity contribution in [3.05, 3.63) is 99.8 Å². The van der Waals surface area contributed by atoms with Crippen LogP contribution in [0.3, 0.4) is 0 Å². The molecule has 0 radical (unpaired) electrons. The zero-order valence-electron chi connectivity index (χ0n) is 17.3. The first-order chi connectivity index (χ1) is 15.3. The predicted octanol–water partition coefficient (Wildman–Crippen LogP) is 5.42. The average Bonchev–Trinajstić information content (AvgIpc) is 3.05. The van der Waals surface area contributed by atoms with Crippen LogP contribution < -0.4 is 9.64 Å². The Balaban J connectivity index is 2.02. The van der Waals surface area contributed by atoms with Crippen molar-refractivity contribution in [1.29, 1.82) is 0 Å². The number of Topliss-reactive ketones (excluding diaryl/α,β-unsaturated/α-hetero) is 1. The number of methoxy groups -OCH3 is 1. The molecule has 162 valence electrons. The summed E-state index contributed by atoms with van der Waals surface area (Å²) in [4.78, 5) is 27.5. The van der Waals surface area contributed by atoms with E-state index in [1.165, 1.54) is 42.3 Å². The number of aliphatic hydroxyl groups excluding tert-OH is 1. The van der Waals surface area contributed by atoms with E-state index in [4.69, 9.17) is 16.3 Å². The van der Waals surface area contributed by atoms with E-state index in [-0.39, 0.29) is 21.7 Å². The lowest BCUT2D eigenvalue weighted by Crippen LogP contribution is -2.30. The number of amides is 1. The zero-order valence-corrected chi connectivity index (χ0v) is 18.1. The highest BCUT2D eigenvalue weighted by molar-refractivity contribution is 6.52. The first-order valence-corrected chi connectivity index (χ1v) is 10.2. The molecule has 1 aliphatic heterocycles. The highest BCUT2D eigenvalue weighted by Gasteiger charge is 2.48. The fourth-order valence-corrected chi connectivity index (χ4v) is 4.07. The smallest absolute Gasteiger partial charge is 0.300 e. The van der Waals surface area contributed by atoms with Gasteiger partial charge in [-0.25, -0.2) is 4.39 Å². The maximum atomic E-state index is 14.9. The molecule has 0 spiro atoms. The molecule has 0 bridgehead atoms. The van der Waals surface area contributed by atoms with Crippen molar-refractivity contribution in [2.75, 3.05) is 12.0 Å². The van der Waals surface area contributed by atoms with Gasteiger partial charge in [-0.05, 0) is 42.8 Å². The van der Waals surface area contributed by atoms with Gasteiger partial charge in [0.25, 0.3) is 11.7 Å². The van der Waals surface area contributed by atoms with E-state index in [1.807, 2.05) is 0 Å². The lowest BCUT2D eigenvalue weighted by atomic mass is 9.94. The van der Waals surface area contributed by atoms with Gasteiger partial charge in [-0.2, -0.15) is 0 Å². The van der Waals surface area contributed by atoms with Gasteiger partial charge in [0.05, 0.1) is 23.7 Å². The van der Waals surface area contributed by atoms with Crippen molar-refractivity contribution in [3.63, 3.8) is 0 Å². The lowest BCUT2D eigenvalue weighted by Gasteiger charge is -2.27. The van der Waals surface area contributed by atoms with Crippen molar-refractivity contribution in [1.82, 2.24) is 0 Å². The first kappa shape index (κ1) is 21.6. The Bertz CT molecular complexity index is 1270. The first-order valence-electron chi connectivity index (χ1n) is 9.80. The molecule has 1 atom stereocenters. The molecule has 3 aromatic carbocycles. The van der Waals surface area contributed by atoms with Crippen LogP contribution in [-0.2, 0) is 9.59 Å². The summed E-state index contributed by atoms with van der Waals surface area (Å²) in [6.07, 6.45) is 0. The van der Waals surface area contributed by atoms with E-state index in [2.05, 4.69) is 0 Å². The van der Waals surface area contributed by atoms with Crippen molar-refractivity contribution in [2.24, 2.45) is 0 Å². The number of ether oxygens (including phenoxy) is 1. The Hall–Kier alpha value is -3.64. The topological polar surface area (TPSA) is 66.8 Å². The van der Waals surface area contributed by atoms with E-state index in [9.17, 15) is 19.1 Å². The summed E-state index contributed by atoms with van der Waals surface area (Å²) in [5.41, 5.74) is 1.10. The van der Waals surface area contributed by atoms with Gasteiger partial charge in [0.15, 0.2) is 0 Å². The fraction of sp³-hybridized carbons (Fsp3) is 0.120. The van der Waals surface area contributed by atoms with Gasteiger partial charge in [0.2, 0.25) is 0 Å². The van der Waals surface area contributed by atoms with Gasteiger partial charge in [0, 0.05) is 16.8 Å². The van der Waals surface area contributed by atoms with Gasteiger partial charge in [-0.15, -0.1) is 0 Å². The van der Waals surface area contributed by atoms with Crippen LogP contribution in [-0.4, -0.2) is 23.9 Å². The minimum Gasteiger partial charge on any atom is -0.507 e. The number of rotatable bonds is 4. The van der Waals surface area contributed by atoms with E-state index in [0.717, 1.165) is 5.56 Å². The highest BCUT2D eigenvalue weighted by Crippen LogP contribution is 2.44. The highest BCUT2D eigenvalue weighted by atomic mass is 35.5. The van der Waals surface area contributed by atoms with Gasteiger partial charge in [-0.1, -0.05) is 48.0 Å². The number of ketones is 1. The van der Waals surface area contributed by atoms with Crippen molar-refractivity contribution >= 4 is 34.7 Å². The number of hydrogen-bond acceptors (Lipinski definition) is 4. The second kappa shape index (κ2) is 8.48. The number of anilines is 1.